The van der Waals surface area contributed by atoms with E-state index in [-0.39, 0.29) is 11.0 Å². The smallest absolute Gasteiger partial charge is 0.148 e. The zero-order valence-corrected chi connectivity index (χ0v) is 14.8. The second-order valence-corrected chi connectivity index (χ2v) is 8.54. The number of aldehydes is 1. The van der Waals surface area contributed by atoms with Crippen molar-refractivity contribution in [2.75, 3.05) is 0 Å². The third-order valence-electron chi connectivity index (χ3n) is 6.51. The normalized spacial score (nSPS) is 43.2. The van der Waals surface area contributed by atoms with Crippen LogP contribution in [0.15, 0.2) is 23.3 Å². The summed E-state index contributed by atoms with van der Waals surface area (Å²) in [6.45, 7) is 8.87. The van der Waals surface area contributed by atoms with Gasteiger partial charge in [-0.1, -0.05) is 31.6 Å². The lowest BCUT2D eigenvalue weighted by molar-refractivity contribution is -0.105. The molecule has 0 aromatic rings. The highest BCUT2D eigenvalue weighted by molar-refractivity contribution is 5.75. The van der Waals surface area contributed by atoms with Gasteiger partial charge in [-0.05, 0) is 63.2 Å². The average Bonchev–Trinajstić information content (AvgIpc) is 3.30. The molecule has 0 radical (unpaired) electrons. The average molecular weight is 318 g/mol. The summed E-state index contributed by atoms with van der Waals surface area (Å²) < 4.78 is 5.98. The second-order valence-electron chi connectivity index (χ2n) is 8.54. The summed E-state index contributed by atoms with van der Waals surface area (Å²) in [6.07, 6.45) is 9.48. The van der Waals surface area contributed by atoms with Crippen LogP contribution in [0, 0.1) is 17.3 Å². The number of allylic oxidation sites excluding steroid dienone is 2. The molecule has 1 saturated carbocycles. The number of carbonyl (C=O) groups excluding carboxylic acids is 1. The van der Waals surface area contributed by atoms with Crippen LogP contribution in [0.3, 0.4) is 0 Å². The van der Waals surface area contributed by atoms with Gasteiger partial charge in [0.05, 0.1) is 17.8 Å². The Hall–Kier alpha value is -0.930. The number of fused-ring (bicyclic) bond motifs is 2. The van der Waals surface area contributed by atoms with E-state index in [1.165, 1.54) is 5.57 Å². The van der Waals surface area contributed by atoms with Crippen molar-refractivity contribution >= 4 is 6.29 Å². The number of aliphatic hydroxyl groups excluding tert-OH is 1. The van der Waals surface area contributed by atoms with Crippen molar-refractivity contribution < 1.29 is 14.6 Å². The highest BCUT2D eigenvalue weighted by Crippen LogP contribution is 2.62. The molecule has 3 aliphatic rings. The molecule has 0 bridgehead atoms. The van der Waals surface area contributed by atoms with E-state index >= 15 is 0 Å². The molecule has 0 spiro atoms. The molecule has 0 amide bonds. The molecule has 1 aliphatic heterocycles. The van der Waals surface area contributed by atoms with Gasteiger partial charge < -0.3 is 9.84 Å². The molecule has 1 heterocycles. The maximum atomic E-state index is 11.4. The molecule has 5 atom stereocenters. The van der Waals surface area contributed by atoms with Gasteiger partial charge in [-0.2, -0.15) is 0 Å². The Bertz CT molecular complexity index is 545. The molecule has 3 rings (SSSR count). The van der Waals surface area contributed by atoms with Crippen LogP contribution in [0.1, 0.15) is 59.8 Å². The fourth-order valence-corrected chi connectivity index (χ4v) is 4.33. The Morgan fingerprint density at radius 3 is 2.74 bits per heavy atom. The van der Waals surface area contributed by atoms with Crippen molar-refractivity contribution in [1.29, 1.82) is 0 Å². The Kier molecular flexibility index (Phi) is 4.31. The summed E-state index contributed by atoms with van der Waals surface area (Å²) in [7, 11) is 0. The molecule has 5 unspecified atom stereocenters. The Labute approximate surface area is 139 Å². The number of carbonyl (C=O) groups is 1. The molecule has 128 valence electrons. The minimum Gasteiger partial charge on any atom is -0.388 e. The predicted octanol–water partition coefficient (Wildman–Crippen LogP) is 3.81. The van der Waals surface area contributed by atoms with Crippen molar-refractivity contribution in [2.45, 2.75) is 77.6 Å². The quantitative estimate of drug-likeness (QED) is 0.454. The molecule has 0 aromatic heterocycles. The topological polar surface area (TPSA) is 49.8 Å². The SMILES string of the molecule is CC1=CCC(O)C(C=O)=CC2C(CCC3(C)OC3CC1)C2(C)C. The van der Waals surface area contributed by atoms with E-state index < -0.39 is 6.10 Å². The van der Waals surface area contributed by atoms with Crippen LogP contribution in [0.4, 0.5) is 0 Å². The van der Waals surface area contributed by atoms with Crippen molar-refractivity contribution in [1.82, 2.24) is 0 Å². The van der Waals surface area contributed by atoms with Crippen LogP contribution in [0.2, 0.25) is 0 Å². The lowest BCUT2D eigenvalue weighted by atomic mass is 9.94. The first-order chi connectivity index (χ1) is 10.8. The van der Waals surface area contributed by atoms with Crippen LogP contribution < -0.4 is 0 Å². The standard InChI is InChI=1S/C20H30O3/c1-13-5-7-17(22)14(12-21)11-16-15(19(16,2)3)9-10-20(4)18(23-20)8-6-13/h5,11-12,15-18,22H,6-10H2,1-4H3. The van der Waals surface area contributed by atoms with Gasteiger partial charge in [-0.25, -0.2) is 0 Å². The van der Waals surface area contributed by atoms with Gasteiger partial charge in [0.2, 0.25) is 0 Å². The molecule has 1 N–H and O–H groups in total. The van der Waals surface area contributed by atoms with Crippen molar-refractivity contribution in [3.63, 3.8) is 0 Å². The highest BCUT2D eigenvalue weighted by Gasteiger charge is 2.58. The molecule has 1 saturated heterocycles. The number of ether oxygens (including phenoxy) is 1. The van der Waals surface area contributed by atoms with Gasteiger partial charge in [0, 0.05) is 5.57 Å². The molecule has 0 aromatic carbocycles. The zero-order chi connectivity index (χ0) is 16.8. The van der Waals surface area contributed by atoms with Gasteiger partial charge in [-0.15, -0.1) is 0 Å². The first-order valence-corrected chi connectivity index (χ1v) is 8.96. The van der Waals surface area contributed by atoms with Crippen molar-refractivity contribution in [2.24, 2.45) is 17.3 Å². The summed E-state index contributed by atoms with van der Waals surface area (Å²) >= 11 is 0. The summed E-state index contributed by atoms with van der Waals surface area (Å²) in [5.74, 6) is 0.984. The fourth-order valence-electron chi connectivity index (χ4n) is 4.33. The number of hydrogen-bond acceptors (Lipinski definition) is 3. The summed E-state index contributed by atoms with van der Waals surface area (Å²) in [4.78, 5) is 11.4. The van der Waals surface area contributed by atoms with E-state index in [4.69, 9.17) is 4.74 Å². The minimum absolute atomic E-state index is 0.0599. The molecule has 23 heavy (non-hydrogen) atoms. The lowest BCUT2D eigenvalue weighted by Crippen LogP contribution is -2.12. The van der Waals surface area contributed by atoms with Gasteiger partial charge in [0.1, 0.15) is 6.29 Å². The van der Waals surface area contributed by atoms with Crippen LogP contribution in [0.25, 0.3) is 0 Å². The molecule has 3 nitrogen and oxygen atoms in total. The number of epoxide rings is 1. The summed E-state index contributed by atoms with van der Waals surface area (Å²) in [5.41, 5.74) is 2.11. The summed E-state index contributed by atoms with van der Waals surface area (Å²) in [6, 6.07) is 0. The van der Waals surface area contributed by atoms with Crippen LogP contribution >= 0.6 is 0 Å². The van der Waals surface area contributed by atoms with E-state index in [0.29, 0.717) is 29.9 Å². The van der Waals surface area contributed by atoms with Gasteiger partial charge in [0.25, 0.3) is 0 Å². The molecular weight excluding hydrogens is 288 g/mol. The Morgan fingerprint density at radius 1 is 1.30 bits per heavy atom. The van der Waals surface area contributed by atoms with E-state index in [0.717, 1.165) is 32.0 Å². The monoisotopic (exact) mass is 318 g/mol. The van der Waals surface area contributed by atoms with E-state index in [1.807, 2.05) is 6.08 Å². The predicted molar refractivity (Wildman–Crippen MR) is 91.0 cm³/mol. The molecular formula is C20H30O3. The van der Waals surface area contributed by atoms with E-state index in [2.05, 4.69) is 33.8 Å². The third kappa shape index (κ3) is 3.32. The number of aliphatic hydroxyl groups is 1. The summed E-state index contributed by atoms with van der Waals surface area (Å²) in [5, 5.41) is 10.3. The van der Waals surface area contributed by atoms with Gasteiger partial charge in [-0.3, -0.25) is 4.79 Å². The third-order valence-corrected chi connectivity index (χ3v) is 6.51. The zero-order valence-electron chi connectivity index (χ0n) is 14.8. The van der Waals surface area contributed by atoms with Gasteiger partial charge in [0.15, 0.2) is 0 Å². The van der Waals surface area contributed by atoms with Crippen LogP contribution in [-0.2, 0) is 9.53 Å². The van der Waals surface area contributed by atoms with Gasteiger partial charge >= 0.3 is 0 Å². The van der Waals surface area contributed by atoms with E-state index in [9.17, 15) is 9.90 Å². The van der Waals surface area contributed by atoms with Crippen molar-refractivity contribution in [3.8, 4) is 0 Å². The van der Waals surface area contributed by atoms with Crippen molar-refractivity contribution in [3.05, 3.63) is 23.3 Å². The largest absolute Gasteiger partial charge is 0.388 e. The molecule has 2 fully saturated rings. The lowest BCUT2D eigenvalue weighted by Gasteiger charge is -2.10. The molecule has 2 aliphatic carbocycles. The first kappa shape index (κ1) is 16.9. The highest BCUT2D eigenvalue weighted by atomic mass is 16.6. The number of rotatable bonds is 1. The maximum Gasteiger partial charge on any atom is 0.148 e. The van der Waals surface area contributed by atoms with E-state index in [1.54, 1.807) is 0 Å². The minimum atomic E-state index is -0.676. The maximum absolute atomic E-state index is 11.4. The van der Waals surface area contributed by atoms with Crippen LogP contribution in [-0.4, -0.2) is 29.2 Å². The first-order valence-electron chi connectivity index (χ1n) is 8.96. The Morgan fingerprint density at radius 2 is 2.04 bits per heavy atom. The molecule has 3 heteroatoms. The van der Waals surface area contributed by atoms with Crippen LogP contribution in [0.5, 0.6) is 0 Å². The number of hydrogen-bond donors (Lipinski definition) is 1. The second kappa shape index (κ2) is 5.86. The Balaban J connectivity index is 1.80. The fraction of sp³-hybridized carbons (Fsp3) is 0.750.